The maximum absolute atomic E-state index is 6.12. The molecule has 1 heterocycles. The van der Waals surface area contributed by atoms with Gasteiger partial charge in [-0.2, -0.15) is 0 Å². The molecule has 0 saturated carbocycles. The first-order valence-corrected chi connectivity index (χ1v) is 6.48. The molecule has 0 atom stereocenters. The normalized spacial score (nSPS) is 10.8. The van der Waals surface area contributed by atoms with E-state index in [-0.39, 0.29) is 0 Å². The van der Waals surface area contributed by atoms with Gasteiger partial charge in [0.25, 0.3) is 0 Å². The Morgan fingerprint density at radius 1 is 1.28 bits per heavy atom. The molecule has 0 aliphatic rings. The largest absolute Gasteiger partial charge is 0.330 e. The van der Waals surface area contributed by atoms with Crippen LogP contribution in [0.4, 0.5) is 0 Å². The van der Waals surface area contributed by atoms with Crippen molar-refractivity contribution in [3.05, 3.63) is 45.7 Å². The van der Waals surface area contributed by atoms with E-state index in [1.165, 1.54) is 0 Å². The van der Waals surface area contributed by atoms with E-state index < -0.39 is 0 Å². The minimum Gasteiger partial charge on any atom is -0.330 e. The average Bonchev–Trinajstić information content (AvgIpc) is 2.80. The fourth-order valence-corrected chi connectivity index (χ4v) is 2.04. The standard InChI is InChI=1S/C12H14Cl2N4/c13-11-5-1-3-9(12(11)14)7-18-8-10(16-17-18)4-2-6-15/h1,3,5,8H,2,4,6-7,15H2. The Morgan fingerprint density at radius 2 is 2.11 bits per heavy atom. The first-order valence-electron chi connectivity index (χ1n) is 5.72. The molecule has 0 spiro atoms. The van der Waals surface area contributed by atoms with Crippen LogP contribution in [0.3, 0.4) is 0 Å². The van der Waals surface area contributed by atoms with E-state index in [4.69, 9.17) is 28.9 Å². The molecule has 0 bridgehead atoms. The van der Waals surface area contributed by atoms with Crippen molar-refractivity contribution < 1.29 is 0 Å². The third-order valence-electron chi connectivity index (χ3n) is 2.59. The number of halogens is 2. The van der Waals surface area contributed by atoms with E-state index in [0.29, 0.717) is 23.1 Å². The fourth-order valence-electron chi connectivity index (χ4n) is 1.66. The smallest absolute Gasteiger partial charge is 0.0827 e. The average molecular weight is 285 g/mol. The predicted molar refractivity (Wildman–Crippen MR) is 73.0 cm³/mol. The minimum absolute atomic E-state index is 0.553. The van der Waals surface area contributed by atoms with E-state index in [2.05, 4.69) is 10.3 Å². The lowest BCUT2D eigenvalue weighted by molar-refractivity contribution is 0.649. The zero-order valence-electron chi connectivity index (χ0n) is 9.81. The van der Waals surface area contributed by atoms with Crippen LogP contribution in [0.25, 0.3) is 0 Å². The van der Waals surface area contributed by atoms with Gasteiger partial charge in [-0.1, -0.05) is 40.5 Å². The second kappa shape index (κ2) is 6.18. The summed E-state index contributed by atoms with van der Waals surface area (Å²) in [6.45, 7) is 1.22. The summed E-state index contributed by atoms with van der Waals surface area (Å²) in [6.07, 6.45) is 3.67. The van der Waals surface area contributed by atoms with Crippen LogP contribution in [0.2, 0.25) is 10.0 Å². The van der Waals surface area contributed by atoms with Crippen molar-refractivity contribution in [2.75, 3.05) is 6.54 Å². The number of rotatable bonds is 5. The maximum Gasteiger partial charge on any atom is 0.0827 e. The van der Waals surface area contributed by atoms with Crippen molar-refractivity contribution in [2.24, 2.45) is 5.73 Å². The number of aryl methyl sites for hydroxylation is 1. The number of nitrogens with two attached hydrogens (primary N) is 1. The van der Waals surface area contributed by atoms with Gasteiger partial charge < -0.3 is 5.73 Å². The molecule has 0 amide bonds. The van der Waals surface area contributed by atoms with E-state index in [0.717, 1.165) is 24.1 Å². The van der Waals surface area contributed by atoms with Crippen LogP contribution < -0.4 is 5.73 Å². The molecular weight excluding hydrogens is 271 g/mol. The highest BCUT2D eigenvalue weighted by molar-refractivity contribution is 6.42. The second-order valence-electron chi connectivity index (χ2n) is 4.01. The summed E-state index contributed by atoms with van der Waals surface area (Å²) in [6, 6.07) is 5.56. The maximum atomic E-state index is 6.12. The van der Waals surface area contributed by atoms with Crippen LogP contribution in [0.1, 0.15) is 17.7 Å². The summed E-state index contributed by atoms with van der Waals surface area (Å²) in [4.78, 5) is 0. The zero-order chi connectivity index (χ0) is 13.0. The Kier molecular flexibility index (Phi) is 4.58. The van der Waals surface area contributed by atoms with Crippen molar-refractivity contribution in [3.8, 4) is 0 Å². The van der Waals surface area contributed by atoms with Crippen molar-refractivity contribution in [2.45, 2.75) is 19.4 Å². The molecule has 0 radical (unpaired) electrons. The molecular formula is C12H14Cl2N4. The summed E-state index contributed by atoms with van der Waals surface area (Å²) in [7, 11) is 0. The van der Waals surface area contributed by atoms with Crippen LogP contribution in [0.15, 0.2) is 24.4 Å². The molecule has 2 aromatic rings. The van der Waals surface area contributed by atoms with Gasteiger partial charge in [0.15, 0.2) is 0 Å². The van der Waals surface area contributed by atoms with Gasteiger partial charge in [-0.3, -0.25) is 0 Å². The topological polar surface area (TPSA) is 56.7 Å². The predicted octanol–water partition coefficient (Wildman–Crippen LogP) is 2.52. The van der Waals surface area contributed by atoms with E-state index >= 15 is 0 Å². The third kappa shape index (κ3) is 3.22. The van der Waals surface area contributed by atoms with Crippen LogP contribution in [0.5, 0.6) is 0 Å². The molecule has 2 N–H and O–H groups in total. The van der Waals surface area contributed by atoms with Gasteiger partial charge in [-0.05, 0) is 31.0 Å². The van der Waals surface area contributed by atoms with E-state index in [9.17, 15) is 0 Å². The molecule has 0 saturated heterocycles. The van der Waals surface area contributed by atoms with Crippen molar-refractivity contribution in [1.82, 2.24) is 15.0 Å². The minimum atomic E-state index is 0.553. The number of hydrogen-bond acceptors (Lipinski definition) is 3. The molecule has 1 aromatic heterocycles. The lowest BCUT2D eigenvalue weighted by atomic mass is 10.2. The Labute approximate surface area is 116 Å². The Hall–Kier alpha value is -1.10. The van der Waals surface area contributed by atoms with Crippen molar-refractivity contribution >= 4 is 23.2 Å². The highest BCUT2D eigenvalue weighted by Gasteiger charge is 2.06. The molecule has 2 rings (SSSR count). The second-order valence-corrected chi connectivity index (χ2v) is 4.80. The highest BCUT2D eigenvalue weighted by Crippen LogP contribution is 2.25. The number of aromatic nitrogens is 3. The molecule has 0 unspecified atom stereocenters. The fraction of sp³-hybridized carbons (Fsp3) is 0.333. The molecule has 1 aromatic carbocycles. The number of benzene rings is 1. The molecule has 0 fully saturated rings. The SMILES string of the molecule is NCCCc1cn(Cc2cccc(Cl)c2Cl)nn1. The van der Waals surface area contributed by atoms with Crippen molar-refractivity contribution in [3.63, 3.8) is 0 Å². The third-order valence-corrected chi connectivity index (χ3v) is 3.45. The van der Waals surface area contributed by atoms with Crippen LogP contribution in [-0.4, -0.2) is 21.5 Å². The molecule has 18 heavy (non-hydrogen) atoms. The Morgan fingerprint density at radius 3 is 2.89 bits per heavy atom. The van der Waals surface area contributed by atoms with Crippen LogP contribution >= 0.6 is 23.2 Å². The summed E-state index contributed by atoms with van der Waals surface area (Å²) < 4.78 is 1.75. The van der Waals surface area contributed by atoms with E-state index in [1.54, 1.807) is 10.7 Å². The van der Waals surface area contributed by atoms with Gasteiger partial charge in [0, 0.05) is 6.20 Å². The first-order chi connectivity index (χ1) is 8.70. The molecule has 0 aliphatic carbocycles. The van der Waals surface area contributed by atoms with Gasteiger partial charge in [0.05, 0.1) is 22.3 Å². The van der Waals surface area contributed by atoms with E-state index in [1.807, 2.05) is 18.3 Å². The molecule has 0 aliphatic heterocycles. The summed E-state index contributed by atoms with van der Waals surface area (Å²) in [5.41, 5.74) is 7.33. The van der Waals surface area contributed by atoms with Crippen molar-refractivity contribution in [1.29, 1.82) is 0 Å². The number of nitrogens with zero attached hydrogens (tertiary/aromatic N) is 3. The summed E-state index contributed by atoms with van der Waals surface area (Å²) >= 11 is 12.1. The Bertz CT molecular complexity index is 525. The summed E-state index contributed by atoms with van der Waals surface area (Å²) in [5.74, 6) is 0. The number of hydrogen-bond donors (Lipinski definition) is 1. The Balaban J connectivity index is 2.09. The van der Waals surface area contributed by atoms with Crippen LogP contribution in [-0.2, 0) is 13.0 Å². The lowest BCUT2D eigenvalue weighted by Gasteiger charge is -2.04. The monoisotopic (exact) mass is 284 g/mol. The van der Waals surface area contributed by atoms with Gasteiger partial charge in [0.1, 0.15) is 0 Å². The van der Waals surface area contributed by atoms with Gasteiger partial charge in [0.2, 0.25) is 0 Å². The molecule has 96 valence electrons. The first kappa shape index (κ1) is 13.3. The van der Waals surface area contributed by atoms with Crippen LogP contribution in [0, 0.1) is 0 Å². The zero-order valence-corrected chi connectivity index (χ0v) is 11.3. The molecule has 4 nitrogen and oxygen atoms in total. The highest BCUT2D eigenvalue weighted by atomic mass is 35.5. The van der Waals surface area contributed by atoms with Gasteiger partial charge in [-0.25, -0.2) is 4.68 Å². The van der Waals surface area contributed by atoms with Gasteiger partial charge in [-0.15, -0.1) is 5.10 Å². The summed E-state index contributed by atoms with van der Waals surface area (Å²) in [5, 5.41) is 9.26. The molecule has 6 heteroatoms. The van der Waals surface area contributed by atoms with Gasteiger partial charge >= 0.3 is 0 Å². The quantitative estimate of drug-likeness (QED) is 0.918. The lowest BCUT2D eigenvalue weighted by Crippen LogP contribution is -2.01.